The van der Waals surface area contributed by atoms with Crippen LogP contribution in [0.3, 0.4) is 0 Å². The lowest BCUT2D eigenvalue weighted by Gasteiger charge is -2.34. The SMILES string of the molecule is C=C(/C=c1/nc(Nc2c(Cl)cccc2Cl)[nH]/c1=C/N)C(=O)NC1CCC(C)(C)CC1. The van der Waals surface area contributed by atoms with Crippen LogP contribution in [0.4, 0.5) is 11.6 Å². The van der Waals surface area contributed by atoms with Gasteiger partial charge in [-0.15, -0.1) is 0 Å². The van der Waals surface area contributed by atoms with Gasteiger partial charge in [0.15, 0.2) is 0 Å². The molecule has 5 N–H and O–H groups in total. The Morgan fingerprint density at radius 1 is 1.30 bits per heavy atom. The van der Waals surface area contributed by atoms with Crippen molar-refractivity contribution in [1.82, 2.24) is 15.3 Å². The molecule has 2 aromatic rings. The number of carbonyl (C=O) groups excluding carboxylic acids is 1. The number of aromatic nitrogens is 2. The van der Waals surface area contributed by atoms with Crippen LogP contribution in [0.5, 0.6) is 0 Å². The lowest BCUT2D eigenvalue weighted by atomic mass is 9.75. The van der Waals surface area contributed by atoms with Gasteiger partial charge in [0.05, 0.1) is 26.4 Å². The Balaban J connectivity index is 1.75. The minimum atomic E-state index is -0.200. The van der Waals surface area contributed by atoms with Crippen molar-refractivity contribution in [2.45, 2.75) is 45.6 Å². The van der Waals surface area contributed by atoms with Gasteiger partial charge in [-0.3, -0.25) is 4.79 Å². The van der Waals surface area contributed by atoms with E-state index in [1.807, 2.05) is 0 Å². The maximum absolute atomic E-state index is 12.6. The van der Waals surface area contributed by atoms with Crippen LogP contribution >= 0.6 is 23.2 Å². The van der Waals surface area contributed by atoms with Crippen molar-refractivity contribution in [2.75, 3.05) is 5.32 Å². The van der Waals surface area contributed by atoms with Crippen LogP contribution in [0.15, 0.2) is 30.4 Å². The van der Waals surface area contributed by atoms with Crippen molar-refractivity contribution >= 4 is 53.0 Å². The standard InChI is InChI=1S/C22H27Cl2N5O/c1-13(20(30)26-14-7-9-22(2,3)10-8-14)11-17-18(12-25)28-21(27-17)29-19-15(23)5-4-6-16(19)24/h4-6,11-12,14H,1,7-10,25H2,2-3H3,(H,26,30)(H2,27,28,29)/b17-11+,18-12+. The fraction of sp³-hybridized carbons (Fsp3) is 0.364. The number of para-hydroxylation sites is 1. The van der Waals surface area contributed by atoms with E-state index in [1.165, 1.54) is 6.20 Å². The van der Waals surface area contributed by atoms with E-state index in [4.69, 9.17) is 28.9 Å². The zero-order valence-electron chi connectivity index (χ0n) is 17.2. The first kappa shape index (κ1) is 22.2. The summed E-state index contributed by atoms with van der Waals surface area (Å²) in [5.74, 6) is 0.199. The highest BCUT2D eigenvalue weighted by atomic mass is 35.5. The number of nitrogens with zero attached hydrogens (tertiary/aromatic N) is 1. The molecule has 1 aliphatic carbocycles. The van der Waals surface area contributed by atoms with Gasteiger partial charge in [0.25, 0.3) is 5.91 Å². The molecule has 8 heteroatoms. The lowest BCUT2D eigenvalue weighted by molar-refractivity contribution is -0.118. The molecule has 1 aromatic heterocycles. The summed E-state index contributed by atoms with van der Waals surface area (Å²) < 4.78 is 0. The number of hydrogen-bond donors (Lipinski definition) is 4. The summed E-state index contributed by atoms with van der Waals surface area (Å²) in [4.78, 5) is 20.1. The minimum Gasteiger partial charge on any atom is -0.403 e. The number of carbonyl (C=O) groups is 1. The zero-order valence-corrected chi connectivity index (χ0v) is 18.7. The van der Waals surface area contributed by atoms with E-state index in [-0.39, 0.29) is 11.9 Å². The Hall–Kier alpha value is -2.44. The quantitative estimate of drug-likeness (QED) is 0.526. The maximum atomic E-state index is 12.6. The van der Waals surface area contributed by atoms with Gasteiger partial charge in [-0.25, -0.2) is 4.98 Å². The third kappa shape index (κ3) is 5.37. The summed E-state index contributed by atoms with van der Waals surface area (Å²) in [5.41, 5.74) is 6.91. The number of anilines is 2. The largest absolute Gasteiger partial charge is 0.403 e. The molecule has 1 aliphatic rings. The van der Waals surface area contributed by atoms with E-state index in [0.717, 1.165) is 25.7 Å². The average molecular weight is 448 g/mol. The third-order valence-electron chi connectivity index (χ3n) is 5.41. The number of imidazole rings is 1. The van der Waals surface area contributed by atoms with Gasteiger partial charge >= 0.3 is 0 Å². The van der Waals surface area contributed by atoms with Crippen molar-refractivity contribution in [3.63, 3.8) is 0 Å². The molecule has 1 aromatic carbocycles. The molecule has 30 heavy (non-hydrogen) atoms. The van der Waals surface area contributed by atoms with Gasteiger partial charge in [0.2, 0.25) is 5.95 Å². The van der Waals surface area contributed by atoms with Crippen LogP contribution in [-0.4, -0.2) is 21.9 Å². The summed E-state index contributed by atoms with van der Waals surface area (Å²) in [6.45, 7) is 8.43. The third-order valence-corrected chi connectivity index (χ3v) is 6.04. The minimum absolute atomic E-state index is 0.176. The van der Waals surface area contributed by atoms with Crippen LogP contribution in [0.2, 0.25) is 10.0 Å². The van der Waals surface area contributed by atoms with Crippen LogP contribution in [0.25, 0.3) is 12.3 Å². The van der Waals surface area contributed by atoms with Crippen molar-refractivity contribution in [2.24, 2.45) is 11.1 Å². The number of H-pyrrole nitrogens is 1. The first-order chi connectivity index (χ1) is 14.2. The van der Waals surface area contributed by atoms with Crippen molar-refractivity contribution in [1.29, 1.82) is 0 Å². The first-order valence-corrected chi connectivity index (χ1v) is 10.6. The zero-order chi connectivity index (χ0) is 21.9. The Morgan fingerprint density at radius 3 is 2.53 bits per heavy atom. The van der Waals surface area contributed by atoms with Crippen molar-refractivity contribution in [3.8, 4) is 0 Å². The molecule has 1 fully saturated rings. The van der Waals surface area contributed by atoms with E-state index in [0.29, 0.717) is 43.4 Å². The van der Waals surface area contributed by atoms with Crippen molar-refractivity contribution in [3.05, 3.63) is 51.1 Å². The summed E-state index contributed by atoms with van der Waals surface area (Å²) in [5, 5.41) is 8.10. The van der Waals surface area contributed by atoms with Crippen LogP contribution in [0.1, 0.15) is 39.5 Å². The fourth-order valence-electron chi connectivity index (χ4n) is 3.48. The topological polar surface area (TPSA) is 95.8 Å². The highest BCUT2D eigenvalue weighted by Gasteiger charge is 2.27. The molecule has 0 saturated heterocycles. The Morgan fingerprint density at radius 2 is 1.93 bits per heavy atom. The molecule has 1 heterocycles. The van der Waals surface area contributed by atoms with E-state index in [1.54, 1.807) is 24.3 Å². The second-order valence-electron chi connectivity index (χ2n) is 8.35. The Kier molecular flexibility index (Phi) is 6.78. The van der Waals surface area contributed by atoms with Crippen LogP contribution in [0, 0.1) is 5.41 Å². The van der Waals surface area contributed by atoms with Crippen LogP contribution in [-0.2, 0) is 4.79 Å². The summed E-state index contributed by atoms with van der Waals surface area (Å²) in [6, 6.07) is 5.38. The van der Waals surface area contributed by atoms with E-state index < -0.39 is 0 Å². The molecule has 0 atom stereocenters. The highest BCUT2D eigenvalue weighted by Crippen LogP contribution is 2.35. The number of halogens is 2. The number of benzene rings is 1. The molecule has 0 bridgehead atoms. The van der Waals surface area contributed by atoms with Gasteiger partial charge in [0, 0.05) is 17.8 Å². The fourth-order valence-corrected chi connectivity index (χ4v) is 3.98. The van der Waals surface area contributed by atoms with Crippen LogP contribution < -0.4 is 27.1 Å². The van der Waals surface area contributed by atoms with E-state index in [2.05, 4.69) is 41.0 Å². The Labute approximate surface area is 186 Å². The molecule has 0 radical (unpaired) electrons. The molecule has 6 nitrogen and oxygen atoms in total. The average Bonchev–Trinajstić information content (AvgIpc) is 3.08. The predicted molar refractivity (Wildman–Crippen MR) is 124 cm³/mol. The number of nitrogens with two attached hydrogens (primary N) is 1. The van der Waals surface area contributed by atoms with Gasteiger partial charge < -0.3 is 21.4 Å². The molecule has 0 unspecified atom stereocenters. The molecule has 1 amide bonds. The molecule has 0 spiro atoms. The lowest BCUT2D eigenvalue weighted by Crippen LogP contribution is -2.40. The number of amides is 1. The van der Waals surface area contributed by atoms with Gasteiger partial charge in [-0.1, -0.05) is 49.7 Å². The van der Waals surface area contributed by atoms with E-state index >= 15 is 0 Å². The molecule has 0 aliphatic heterocycles. The molecular weight excluding hydrogens is 421 g/mol. The summed E-state index contributed by atoms with van der Waals surface area (Å²) in [7, 11) is 0. The second-order valence-corrected chi connectivity index (χ2v) is 9.17. The van der Waals surface area contributed by atoms with Crippen molar-refractivity contribution < 1.29 is 4.79 Å². The predicted octanol–water partition coefficient (Wildman–Crippen LogP) is 3.58. The summed E-state index contributed by atoms with van der Waals surface area (Å²) in [6.07, 6.45) is 7.13. The first-order valence-electron chi connectivity index (χ1n) is 9.89. The smallest absolute Gasteiger partial charge is 0.250 e. The normalized spacial score (nSPS) is 17.7. The van der Waals surface area contributed by atoms with Gasteiger partial charge in [-0.05, 0) is 49.3 Å². The highest BCUT2D eigenvalue weighted by molar-refractivity contribution is 6.39. The monoisotopic (exact) mass is 447 g/mol. The molecule has 3 rings (SSSR count). The number of hydrogen-bond acceptors (Lipinski definition) is 4. The molecular formula is C22H27Cl2N5O. The Bertz CT molecular complexity index is 1040. The number of aromatic amines is 1. The number of nitrogens with one attached hydrogen (secondary N) is 3. The number of rotatable bonds is 5. The summed E-state index contributed by atoms with van der Waals surface area (Å²) >= 11 is 12.4. The molecule has 1 saturated carbocycles. The van der Waals surface area contributed by atoms with Gasteiger partial charge in [-0.2, -0.15) is 0 Å². The maximum Gasteiger partial charge on any atom is 0.250 e. The van der Waals surface area contributed by atoms with E-state index in [9.17, 15) is 4.79 Å². The second kappa shape index (κ2) is 9.14. The molecule has 160 valence electrons. The van der Waals surface area contributed by atoms with Gasteiger partial charge in [0.1, 0.15) is 0 Å².